The molecule has 1 aliphatic carbocycles. The summed E-state index contributed by atoms with van der Waals surface area (Å²) in [5.41, 5.74) is 0.0705. The van der Waals surface area contributed by atoms with E-state index in [1.165, 1.54) is 0 Å². The smallest absolute Gasteiger partial charge is 0.316 e. The van der Waals surface area contributed by atoms with Gasteiger partial charge in [0.2, 0.25) is 0 Å². The summed E-state index contributed by atoms with van der Waals surface area (Å²) in [6.07, 6.45) is 3.86. The molecule has 0 saturated carbocycles. The minimum absolute atomic E-state index is 0.0149. The SMILES string of the molecule is CCC(C)C1OC2(CC3CC(C/C=C(\C)C(OC4CC(OC)C(OC5CC(OC)C(O)C(C)O5)C(C)O4)C(C)/C=C/C=C4\COC5/C(=N/O)C(C)=CC(C(=O)O3)C45O)O2)CC(O)C1C. The van der Waals surface area contributed by atoms with Crippen LogP contribution in [0.5, 0.6) is 0 Å². The normalized spacial score (nSPS) is 48.9. The van der Waals surface area contributed by atoms with Crippen LogP contribution in [0.3, 0.4) is 0 Å². The van der Waals surface area contributed by atoms with Crippen molar-refractivity contribution in [1.82, 2.24) is 0 Å². The average Bonchev–Trinajstić information content (AvgIpc) is 3.59. The Hall–Kier alpha value is -2.58. The Balaban J connectivity index is 1.20. The molecule has 16 nitrogen and oxygen atoms in total. The second kappa shape index (κ2) is 20.3. The summed E-state index contributed by atoms with van der Waals surface area (Å²) in [6.45, 7) is 15.7. The van der Waals surface area contributed by atoms with Crippen LogP contribution in [0.1, 0.15) is 100 Å². The van der Waals surface area contributed by atoms with Gasteiger partial charge in [0, 0.05) is 58.2 Å². The Morgan fingerprint density at radius 2 is 1.64 bits per heavy atom. The molecule has 64 heavy (non-hydrogen) atoms. The standard InChI is InChI=1S/C48H73NO15/c1-11-24(2)43-28(6)35(50)22-47(64-43)21-33-18-32(63-47)16-15-26(4)42(61-39-20-37(56-10)44(30(8)59-39)62-38-19-36(55-9)41(51)29(7)58-38)25(3)13-12-14-31-23-57-45-40(49-54)27(5)17-34(46(52)60-33)48(31,45)53/h12-15,17,24-25,28-30,32-39,41-45,50-51,53-54H,11,16,18-23H2,1-10H3/b13-12+,26-15+,31-14+,49-40+. The van der Waals surface area contributed by atoms with E-state index in [1.807, 2.05) is 39.8 Å². The summed E-state index contributed by atoms with van der Waals surface area (Å²) in [5.74, 6) is -3.28. The number of hydrogen-bond acceptors (Lipinski definition) is 16. The molecule has 2 bridgehead atoms. The van der Waals surface area contributed by atoms with Gasteiger partial charge < -0.3 is 67.9 Å². The predicted octanol–water partition coefficient (Wildman–Crippen LogP) is 5.04. The van der Waals surface area contributed by atoms with Gasteiger partial charge in [-0.15, -0.1) is 0 Å². The van der Waals surface area contributed by atoms with Crippen molar-refractivity contribution < 1.29 is 72.7 Å². The van der Waals surface area contributed by atoms with Crippen molar-refractivity contribution in [3.05, 3.63) is 47.1 Å². The lowest BCUT2D eigenvalue weighted by Crippen LogP contribution is -2.59. The van der Waals surface area contributed by atoms with Gasteiger partial charge in [0.1, 0.15) is 41.6 Å². The number of ether oxygens (including phenoxy) is 10. The average molecular weight is 904 g/mol. The van der Waals surface area contributed by atoms with E-state index >= 15 is 0 Å². The molecule has 0 aromatic rings. The second-order valence-corrected chi connectivity index (χ2v) is 19.4. The molecular weight excluding hydrogens is 831 g/mol. The fraction of sp³-hybridized carbons (Fsp3) is 0.792. The van der Waals surface area contributed by atoms with Crippen LogP contribution in [0.4, 0.5) is 0 Å². The van der Waals surface area contributed by atoms with Gasteiger partial charge in [-0.25, -0.2) is 0 Å². The van der Waals surface area contributed by atoms with Crippen molar-refractivity contribution in [2.24, 2.45) is 28.8 Å². The third-order valence-corrected chi connectivity index (χ3v) is 15.0. The summed E-state index contributed by atoms with van der Waals surface area (Å²) >= 11 is 0. The van der Waals surface area contributed by atoms with E-state index in [9.17, 15) is 25.3 Å². The van der Waals surface area contributed by atoms with Crippen LogP contribution < -0.4 is 0 Å². The number of fused-ring (bicyclic) bond motifs is 2. The van der Waals surface area contributed by atoms with Crippen molar-refractivity contribution in [2.75, 3.05) is 20.8 Å². The van der Waals surface area contributed by atoms with Gasteiger partial charge in [0.25, 0.3) is 0 Å². The van der Waals surface area contributed by atoms with Crippen molar-refractivity contribution in [1.29, 1.82) is 0 Å². The van der Waals surface area contributed by atoms with Gasteiger partial charge in [0.15, 0.2) is 18.4 Å². The van der Waals surface area contributed by atoms with Gasteiger partial charge >= 0.3 is 5.97 Å². The van der Waals surface area contributed by atoms with Crippen LogP contribution in [0.25, 0.3) is 0 Å². The number of carbonyl (C=O) groups excluding carboxylic acids is 1. The molecule has 5 fully saturated rings. The zero-order valence-electron chi connectivity index (χ0n) is 39.2. The van der Waals surface area contributed by atoms with Crippen molar-refractivity contribution in [2.45, 2.75) is 198 Å². The zero-order chi connectivity index (χ0) is 46.2. The minimum Gasteiger partial charge on any atom is -0.462 e. The Morgan fingerprint density at radius 3 is 2.34 bits per heavy atom. The van der Waals surface area contributed by atoms with E-state index in [0.29, 0.717) is 36.8 Å². The minimum atomic E-state index is -1.91. The monoisotopic (exact) mass is 903 g/mol. The van der Waals surface area contributed by atoms with Gasteiger partial charge in [-0.3, -0.25) is 4.79 Å². The topological polar surface area (TPSA) is 203 Å². The number of rotatable bonds is 8. The molecule has 1 spiro atoms. The van der Waals surface area contributed by atoms with Crippen LogP contribution in [0, 0.1) is 23.7 Å². The molecular formula is C48H73NO15. The third-order valence-electron chi connectivity index (χ3n) is 15.0. The van der Waals surface area contributed by atoms with Crippen molar-refractivity contribution in [3.8, 4) is 0 Å². The lowest BCUT2D eigenvalue weighted by molar-refractivity contribution is -0.354. The molecule has 5 saturated heterocycles. The van der Waals surface area contributed by atoms with Crippen LogP contribution in [-0.4, -0.2) is 150 Å². The summed E-state index contributed by atoms with van der Waals surface area (Å²) in [4.78, 5) is 14.4. The largest absolute Gasteiger partial charge is 0.462 e. The number of allylic oxidation sites excluding steroid dienone is 2. The van der Waals surface area contributed by atoms with Gasteiger partial charge in [-0.1, -0.05) is 69.7 Å². The first-order valence-electron chi connectivity index (χ1n) is 23.3. The Bertz CT molecular complexity index is 1800. The van der Waals surface area contributed by atoms with Crippen LogP contribution in [0.15, 0.2) is 52.3 Å². The predicted molar refractivity (Wildman–Crippen MR) is 232 cm³/mol. The Kier molecular flexibility index (Phi) is 15.7. The molecule has 6 aliphatic heterocycles. The molecule has 6 heterocycles. The summed E-state index contributed by atoms with van der Waals surface area (Å²) in [6, 6.07) is 0. The Morgan fingerprint density at radius 1 is 0.938 bits per heavy atom. The fourth-order valence-corrected chi connectivity index (χ4v) is 11.0. The highest BCUT2D eigenvalue weighted by Gasteiger charge is 2.60. The first kappa shape index (κ1) is 49.3. The highest BCUT2D eigenvalue weighted by atomic mass is 16.7. The van der Waals surface area contributed by atoms with E-state index in [-0.39, 0.29) is 49.0 Å². The molecule has 360 valence electrons. The number of methoxy groups -OCH3 is 2. The summed E-state index contributed by atoms with van der Waals surface area (Å²) in [7, 11) is 3.20. The molecule has 0 aromatic heterocycles. The lowest BCUT2D eigenvalue weighted by Gasteiger charge is -2.52. The van der Waals surface area contributed by atoms with Gasteiger partial charge in [-0.2, -0.15) is 0 Å². The number of aliphatic hydroxyl groups excluding tert-OH is 2. The van der Waals surface area contributed by atoms with Crippen LogP contribution in [0.2, 0.25) is 0 Å². The Labute approximate surface area is 377 Å². The maximum atomic E-state index is 14.4. The second-order valence-electron chi connectivity index (χ2n) is 19.4. The number of carbonyl (C=O) groups is 1. The number of hydrogen-bond donors (Lipinski definition) is 4. The summed E-state index contributed by atoms with van der Waals surface area (Å²) in [5, 5.41) is 48.2. The molecule has 0 amide bonds. The first-order chi connectivity index (χ1) is 30.4. The van der Waals surface area contributed by atoms with Crippen LogP contribution in [-0.2, 0) is 52.2 Å². The van der Waals surface area contributed by atoms with E-state index in [4.69, 9.17) is 47.4 Å². The number of esters is 1. The maximum Gasteiger partial charge on any atom is 0.316 e. The van der Waals surface area contributed by atoms with E-state index in [0.717, 1.165) is 12.0 Å². The molecule has 7 aliphatic rings. The maximum absolute atomic E-state index is 14.4. The highest BCUT2D eigenvalue weighted by Crippen LogP contribution is 2.48. The first-order valence-corrected chi connectivity index (χ1v) is 23.3. The number of nitrogens with zero attached hydrogens (tertiary/aromatic N) is 1. The highest BCUT2D eigenvalue weighted by molar-refractivity contribution is 6.06. The zero-order valence-corrected chi connectivity index (χ0v) is 39.2. The quantitative estimate of drug-likeness (QED) is 0.109. The molecule has 20 unspecified atom stereocenters. The lowest BCUT2D eigenvalue weighted by atomic mass is 9.71. The van der Waals surface area contributed by atoms with Crippen molar-refractivity contribution >= 4 is 11.7 Å². The fourth-order valence-electron chi connectivity index (χ4n) is 11.0. The van der Waals surface area contributed by atoms with E-state index < -0.39 is 103 Å². The molecule has 0 radical (unpaired) electrons. The summed E-state index contributed by atoms with van der Waals surface area (Å²) < 4.78 is 63.7. The van der Waals surface area contributed by atoms with Crippen molar-refractivity contribution in [3.63, 3.8) is 0 Å². The van der Waals surface area contributed by atoms with E-state index in [2.05, 4.69) is 25.1 Å². The van der Waals surface area contributed by atoms with E-state index in [1.54, 1.807) is 40.2 Å². The van der Waals surface area contributed by atoms with Crippen LogP contribution >= 0.6 is 0 Å². The third kappa shape index (κ3) is 9.86. The molecule has 4 N–H and O–H groups in total. The van der Waals surface area contributed by atoms with Gasteiger partial charge in [0.05, 0.1) is 55.4 Å². The molecule has 16 heteroatoms. The number of aliphatic hydroxyl groups is 3. The molecule has 20 atom stereocenters. The molecule has 0 aromatic carbocycles. The molecule has 7 rings (SSSR count). The number of oxime groups is 1. The van der Waals surface area contributed by atoms with Gasteiger partial charge in [-0.05, 0) is 56.8 Å².